The Morgan fingerprint density at radius 3 is 2.13 bits per heavy atom. The zero-order chi connectivity index (χ0) is 28.6. The molecule has 0 aliphatic rings. The van der Waals surface area contributed by atoms with Gasteiger partial charge in [0.05, 0.1) is 17.7 Å². The fraction of sp³-hybridized carbons (Fsp3) is 0.310. The van der Waals surface area contributed by atoms with Crippen LogP contribution in [0.3, 0.4) is 0 Å². The number of rotatable bonds is 12. The van der Waals surface area contributed by atoms with Crippen LogP contribution in [-0.2, 0) is 26.2 Å². The number of anilines is 1. The summed E-state index contributed by atoms with van der Waals surface area (Å²) in [5, 5.41) is 3.35. The molecular formula is C29H34ClN3O5S. The van der Waals surface area contributed by atoms with Crippen molar-refractivity contribution in [1.29, 1.82) is 0 Å². The van der Waals surface area contributed by atoms with Gasteiger partial charge in [0.25, 0.3) is 10.0 Å². The van der Waals surface area contributed by atoms with Gasteiger partial charge in [0, 0.05) is 17.6 Å². The Morgan fingerprint density at radius 1 is 0.949 bits per heavy atom. The summed E-state index contributed by atoms with van der Waals surface area (Å²) in [7, 11) is -2.56. The standard InChI is InChI=1S/C29H34ClN3O5S/c1-5-21(2)31-29(35)22(3)32(19-23-11-17-26(38-4)18-12-23)28(34)20-33(25-15-13-24(30)14-16-25)39(36,37)27-9-7-6-8-10-27/h6-18,21-22H,5,19-20H2,1-4H3,(H,31,35)/t21-,22-/m0/s1. The maximum atomic E-state index is 13.9. The fourth-order valence-electron chi connectivity index (χ4n) is 3.83. The first kappa shape index (κ1) is 30.0. The molecule has 3 aromatic carbocycles. The minimum absolute atomic E-state index is 0.0389. The van der Waals surface area contributed by atoms with E-state index in [0.29, 0.717) is 10.8 Å². The summed E-state index contributed by atoms with van der Waals surface area (Å²) in [5.41, 5.74) is 1.04. The van der Waals surface area contributed by atoms with Crippen LogP contribution in [0.2, 0.25) is 5.02 Å². The number of hydrogen-bond acceptors (Lipinski definition) is 5. The van der Waals surface area contributed by atoms with E-state index in [0.717, 1.165) is 16.3 Å². The number of methoxy groups -OCH3 is 1. The number of amides is 2. The van der Waals surface area contributed by atoms with Crippen LogP contribution in [-0.4, -0.2) is 50.9 Å². The number of carbonyl (C=O) groups excluding carboxylic acids is 2. The first-order valence-corrected chi connectivity index (χ1v) is 14.4. The predicted molar refractivity (Wildman–Crippen MR) is 153 cm³/mol. The monoisotopic (exact) mass is 571 g/mol. The van der Waals surface area contributed by atoms with Crippen LogP contribution in [0, 0.1) is 0 Å². The van der Waals surface area contributed by atoms with Gasteiger partial charge in [-0.15, -0.1) is 0 Å². The van der Waals surface area contributed by atoms with Gasteiger partial charge in [-0.25, -0.2) is 8.42 Å². The maximum absolute atomic E-state index is 13.9. The molecule has 3 rings (SSSR count). The zero-order valence-electron chi connectivity index (χ0n) is 22.5. The van der Waals surface area contributed by atoms with Crippen LogP contribution in [0.25, 0.3) is 0 Å². The molecule has 0 aliphatic heterocycles. The van der Waals surface area contributed by atoms with E-state index in [1.165, 1.54) is 17.0 Å². The lowest BCUT2D eigenvalue weighted by atomic mass is 10.1. The lowest BCUT2D eigenvalue weighted by Gasteiger charge is -2.32. The molecule has 2 atom stereocenters. The predicted octanol–water partition coefficient (Wildman–Crippen LogP) is 4.88. The summed E-state index contributed by atoms with van der Waals surface area (Å²) in [6, 6.07) is 20.3. The second-order valence-electron chi connectivity index (χ2n) is 9.16. The Bertz CT molecular complexity index is 1350. The molecule has 0 radical (unpaired) electrons. The van der Waals surface area contributed by atoms with E-state index >= 15 is 0 Å². The summed E-state index contributed by atoms with van der Waals surface area (Å²) in [4.78, 5) is 28.4. The average molecular weight is 572 g/mol. The van der Waals surface area contributed by atoms with E-state index in [1.54, 1.807) is 80.8 Å². The lowest BCUT2D eigenvalue weighted by Crippen LogP contribution is -2.52. The van der Waals surface area contributed by atoms with Crippen molar-refractivity contribution in [1.82, 2.24) is 10.2 Å². The van der Waals surface area contributed by atoms with Crippen molar-refractivity contribution < 1.29 is 22.7 Å². The van der Waals surface area contributed by atoms with Crippen molar-refractivity contribution in [2.75, 3.05) is 18.0 Å². The van der Waals surface area contributed by atoms with Gasteiger partial charge < -0.3 is 15.0 Å². The highest BCUT2D eigenvalue weighted by atomic mass is 35.5. The molecule has 0 saturated carbocycles. The van der Waals surface area contributed by atoms with Crippen LogP contribution < -0.4 is 14.4 Å². The Kier molecular flexibility index (Phi) is 10.4. The highest BCUT2D eigenvalue weighted by Gasteiger charge is 2.32. The maximum Gasteiger partial charge on any atom is 0.264 e. The molecule has 0 aliphatic carbocycles. The van der Waals surface area contributed by atoms with Crippen molar-refractivity contribution in [3.63, 3.8) is 0 Å². The molecule has 0 saturated heterocycles. The van der Waals surface area contributed by atoms with Gasteiger partial charge in [-0.3, -0.25) is 13.9 Å². The van der Waals surface area contributed by atoms with Crippen LogP contribution in [0.5, 0.6) is 5.75 Å². The summed E-state index contributed by atoms with van der Waals surface area (Å²) >= 11 is 6.05. The van der Waals surface area contributed by atoms with Crippen LogP contribution >= 0.6 is 11.6 Å². The first-order valence-electron chi connectivity index (χ1n) is 12.6. The van der Waals surface area contributed by atoms with Crippen LogP contribution in [0.15, 0.2) is 83.8 Å². The van der Waals surface area contributed by atoms with Crippen molar-refractivity contribution >= 4 is 39.1 Å². The molecule has 39 heavy (non-hydrogen) atoms. The minimum atomic E-state index is -4.12. The van der Waals surface area contributed by atoms with Gasteiger partial charge in [-0.2, -0.15) is 0 Å². The third-order valence-corrected chi connectivity index (χ3v) is 8.45. The molecule has 0 heterocycles. The summed E-state index contributed by atoms with van der Waals surface area (Å²) in [6.07, 6.45) is 0.727. The van der Waals surface area contributed by atoms with E-state index in [1.807, 2.05) is 13.8 Å². The third-order valence-electron chi connectivity index (χ3n) is 6.40. The van der Waals surface area contributed by atoms with Gasteiger partial charge in [0.2, 0.25) is 11.8 Å². The van der Waals surface area contributed by atoms with E-state index in [2.05, 4.69) is 5.32 Å². The molecule has 10 heteroatoms. The number of halogens is 1. The highest BCUT2D eigenvalue weighted by molar-refractivity contribution is 7.92. The van der Waals surface area contributed by atoms with Gasteiger partial charge in [0.1, 0.15) is 18.3 Å². The van der Waals surface area contributed by atoms with Gasteiger partial charge >= 0.3 is 0 Å². The molecule has 0 unspecified atom stereocenters. The van der Waals surface area contributed by atoms with Crippen molar-refractivity contribution in [3.05, 3.63) is 89.4 Å². The van der Waals surface area contributed by atoms with Crippen LogP contribution in [0.4, 0.5) is 5.69 Å². The van der Waals surface area contributed by atoms with Gasteiger partial charge in [-0.1, -0.05) is 48.9 Å². The molecule has 208 valence electrons. The molecule has 0 aromatic heterocycles. The SMILES string of the molecule is CC[C@H](C)NC(=O)[C@H](C)N(Cc1ccc(OC)cc1)C(=O)CN(c1ccc(Cl)cc1)S(=O)(=O)c1ccccc1. The quantitative estimate of drug-likeness (QED) is 0.334. The number of nitrogens with zero attached hydrogens (tertiary/aromatic N) is 2. The van der Waals surface area contributed by atoms with E-state index in [-0.39, 0.29) is 29.1 Å². The number of nitrogens with one attached hydrogen (secondary N) is 1. The number of benzene rings is 3. The first-order chi connectivity index (χ1) is 18.6. The van der Waals surface area contributed by atoms with E-state index < -0.39 is 28.5 Å². The second-order valence-corrected chi connectivity index (χ2v) is 11.5. The Labute approximate surface area is 235 Å². The number of carbonyl (C=O) groups is 2. The fourth-order valence-corrected chi connectivity index (χ4v) is 5.39. The van der Waals surface area contributed by atoms with Gasteiger partial charge in [0.15, 0.2) is 0 Å². The minimum Gasteiger partial charge on any atom is -0.497 e. The molecule has 1 N–H and O–H groups in total. The molecule has 2 amide bonds. The average Bonchev–Trinajstić information content (AvgIpc) is 2.95. The summed E-state index contributed by atoms with van der Waals surface area (Å²) in [5.74, 6) is -0.204. The van der Waals surface area contributed by atoms with Crippen molar-refractivity contribution in [2.24, 2.45) is 0 Å². The third kappa shape index (κ3) is 7.74. The van der Waals surface area contributed by atoms with Gasteiger partial charge in [-0.05, 0) is 74.4 Å². The highest BCUT2D eigenvalue weighted by Crippen LogP contribution is 2.26. The van der Waals surface area contributed by atoms with Crippen molar-refractivity contribution in [2.45, 2.75) is 50.7 Å². The molecule has 3 aromatic rings. The Hall–Kier alpha value is -3.56. The van der Waals surface area contributed by atoms with E-state index in [9.17, 15) is 18.0 Å². The molecular weight excluding hydrogens is 538 g/mol. The molecule has 0 bridgehead atoms. The molecule has 8 nitrogen and oxygen atoms in total. The number of hydrogen-bond donors (Lipinski definition) is 1. The van der Waals surface area contributed by atoms with Crippen molar-refractivity contribution in [3.8, 4) is 5.75 Å². The summed E-state index contributed by atoms with van der Waals surface area (Å²) in [6.45, 7) is 5.05. The largest absolute Gasteiger partial charge is 0.497 e. The Morgan fingerprint density at radius 2 is 1.56 bits per heavy atom. The lowest BCUT2D eigenvalue weighted by molar-refractivity contribution is -0.139. The Balaban J connectivity index is 2.00. The normalized spacial score (nSPS) is 12.7. The number of sulfonamides is 1. The molecule has 0 spiro atoms. The van der Waals surface area contributed by atoms with Crippen LogP contribution in [0.1, 0.15) is 32.8 Å². The molecule has 0 fully saturated rings. The smallest absolute Gasteiger partial charge is 0.264 e. The summed E-state index contributed by atoms with van der Waals surface area (Å²) < 4.78 is 33.7. The zero-order valence-corrected chi connectivity index (χ0v) is 24.1. The van der Waals surface area contributed by atoms with E-state index in [4.69, 9.17) is 16.3 Å². The second kappa shape index (κ2) is 13.5. The number of ether oxygens (including phenoxy) is 1. The topological polar surface area (TPSA) is 96.0 Å².